The molecular weight excluding hydrogens is 330 g/mol. The molecule has 0 atom stereocenters. The van der Waals surface area contributed by atoms with Crippen LogP contribution >= 0.6 is 0 Å². The van der Waals surface area contributed by atoms with E-state index in [1.165, 1.54) is 0 Å². The van der Waals surface area contributed by atoms with E-state index >= 15 is 0 Å². The number of guanidine groups is 1. The molecule has 26 heavy (non-hydrogen) atoms. The summed E-state index contributed by atoms with van der Waals surface area (Å²) >= 11 is 0. The first kappa shape index (κ1) is 17.7. The lowest BCUT2D eigenvalue weighted by Crippen LogP contribution is -2.37. The fourth-order valence-corrected chi connectivity index (χ4v) is 2.81. The van der Waals surface area contributed by atoms with Gasteiger partial charge in [0.25, 0.3) is 0 Å². The van der Waals surface area contributed by atoms with Crippen LogP contribution in [0.15, 0.2) is 35.6 Å². The van der Waals surface area contributed by atoms with Crippen LogP contribution in [0.5, 0.6) is 5.75 Å². The number of aliphatic imine (C=N–C) groups is 1. The number of pyridine rings is 2. The van der Waals surface area contributed by atoms with Gasteiger partial charge in [-0.05, 0) is 26.0 Å². The van der Waals surface area contributed by atoms with Crippen LogP contribution in [0.1, 0.15) is 22.6 Å². The molecule has 0 radical (unpaired) electrons. The molecule has 3 aromatic heterocycles. The molecular formula is C18H23N7O. The number of hydrogen-bond donors (Lipinski definition) is 2. The topological polar surface area (TPSA) is 88.7 Å². The maximum Gasteiger partial charge on any atom is 0.191 e. The zero-order valence-corrected chi connectivity index (χ0v) is 15.4. The molecule has 3 aromatic rings. The number of ether oxygens (including phenoxy) is 1. The molecule has 0 aliphatic heterocycles. The molecule has 0 bridgehead atoms. The van der Waals surface area contributed by atoms with Crippen molar-refractivity contribution in [1.29, 1.82) is 0 Å². The van der Waals surface area contributed by atoms with Crippen LogP contribution in [0.25, 0.3) is 5.65 Å². The Morgan fingerprint density at radius 1 is 1.19 bits per heavy atom. The third-order valence-corrected chi connectivity index (χ3v) is 4.19. The standard InChI is InChI=1S/C18H23N7O/c1-12-9-20-14(13(2)17(12)26-4)10-21-18(19-3)22-11-16-24-23-15-7-5-6-8-25(15)16/h5-9H,10-11H2,1-4H3,(H2,19,21,22). The maximum absolute atomic E-state index is 5.46. The summed E-state index contributed by atoms with van der Waals surface area (Å²) in [4.78, 5) is 8.74. The molecule has 0 amide bonds. The van der Waals surface area contributed by atoms with E-state index in [-0.39, 0.29) is 0 Å². The number of nitrogens with zero attached hydrogens (tertiary/aromatic N) is 5. The predicted molar refractivity (Wildman–Crippen MR) is 100 cm³/mol. The fraction of sp³-hybridized carbons (Fsp3) is 0.333. The van der Waals surface area contributed by atoms with Gasteiger partial charge in [0.05, 0.1) is 25.9 Å². The summed E-state index contributed by atoms with van der Waals surface area (Å²) in [5, 5.41) is 14.9. The lowest BCUT2D eigenvalue weighted by atomic mass is 10.1. The summed E-state index contributed by atoms with van der Waals surface area (Å²) in [6, 6.07) is 5.81. The molecule has 136 valence electrons. The van der Waals surface area contributed by atoms with Crippen LogP contribution in [0.3, 0.4) is 0 Å². The van der Waals surface area contributed by atoms with Gasteiger partial charge in [-0.1, -0.05) is 6.07 Å². The highest BCUT2D eigenvalue weighted by molar-refractivity contribution is 5.79. The Morgan fingerprint density at radius 2 is 2.00 bits per heavy atom. The first-order valence-electron chi connectivity index (χ1n) is 8.36. The second kappa shape index (κ2) is 7.81. The van der Waals surface area contributed by atoms with Gasteiger partial charge in [0.1, 0.15) is 5.75 Å². The van der Waals surface area contributed by atoms with Gasteiger partial charge < -0.3 is 15.4 Å². The largest absolute Gasteiger partial charge is 0.496 e. The van der Waals surface area contributed by atoms with Crippen molar-refractivity contribution in [3.8, 4) is 5.75 Å². The van der Waals surface area contributed by atoms with Gasteiger partial charge in [-0.2, -0.15) is 0 Å². The quantitative estimate of drug-likeness (QED) is 0.535. The highest BCUT2D eigenvalue weighted by Gasteiger charge is 2.10. The van der Waals surface area contributed by atoms with Crippen molar-refractivity contribution in [2.45, 2.75) is 26.9 Å². The van der Waals surface area contributed by atoms with E-state index in [0.717, 1.165) is 34.0 Å². The molecule has 0 saturated carbocycles. The normalized spacial score (nSPS) is 11.6. The second-order valence-electron chi connectivity index (χ2n) is 5.87. The van der Waals surface area contributed by atoms with E-state index in [1.54, 1.807) is 14.2 Å². The molecule has 2 N–H and O–H groups in total. The molecule has 8 heteroatoms. The Labute approximate surface area is 152 Å². The summed E-state index contributed by atoms with van der Waals surface area (Å²) in [5.74, 6) is 2.35. The second-order valence-corrected chi connectivity index (χ2v) is 5.87. The lowest BCUT2D eigenvalue weighted by molar-refractivity contribution is 0.406. The number of aryl methyl sites for hydroxylation is 1. The summed E-state index contributed by atoms with van der Waals surface area (Å²) in [7, 11) is 3.41. The van der Waals surface area contributed by atoms with Crippen molar-refractivity contribution < 1.29 is 4.74 Å². The van der Waals surface area contributed by atoms with E-state index < -0.39 is 0 Å². The zero-order chi connectivity index (χ0) is 18.5. The van der Waals surface area contributed by atoms with Gasteiger partial charge in [0.15, 0.2) is 17.4 Å². The molecule has 3 rings (SSSR count). The third kappa shape index (κ3) is 3.58. The first-order valence-corrected chi connectivity index (χ1v) is 8.36. The van der Waals surface area contributed by atoms with Crippen molar-refractivity contribution in [2.75, 3.05) is 14.2 Å². The van der Waals surface area contributed by atoms with Crippen LogP contribution in [-0.2, 0) is 13.1 Å². The van der Waals surface area contributed by atoms with Crippen LogP contribution < -0.4 is 15.4 Å². The molecule has 0 aliphatic rings. The maximum atomic E-state index is 5.46. The predicted octanol–water partition coefficient (Wildman–Crippen LogP) is 1.61. The monoisotopic (exact) mass is 353 g/mol. The summed E-state index contributed by atoms with van der Waals surface area (Å²) in [6.45, 7) is 5.05. The summed E-state index contributed by atoms with van der Waals surface area (Å²) in [6.07, 6.45) is 3.76. The van der Waals surface area contributed by atoms with Crippen LogP contribution in [0, 0.1) is 13.8 Å². The molecule has 0 fully saturated rings. The van der Waals surface area contributed by atoms with Gasteiger partial charge in [-0.3, -0.25) is 14.4 Å². The number of nitrogens with one attached hydrogen (secondary N) is 2. The Morgan fingerprint density at radius 3 is 2.77 bits per heavy atom. The minimum absolute atomic E-state index is 0.508. The molecule has 0 spiro atoms. The summed E-state index contributed by atoms with van der Waals surface area (Å²) in [5.41, 5.74) is 3.79. The Kier molecular flexibility index (Phi) is 5.31. The average Bonchev–Trinajstić information content (AvgIpc) is 3.07. The number of aromatic nitrogens is 4. The van der Waals surface area contributed by atoms with Crippen molar-refractivity contribution in [3.05, 3.63) is 53.2 Å². The van der Waals surface area contributed by atoms with E-state index in [9.17, 15) is 0 Å². The first-order chi connectivity index (χ1) is 12.6. The molecule has 3 heterocycles. The van der Waals surface area contributed by atoms with Crippen LogP contribution in [0.4, 0.5) is 0 Å². The Balaban J connectivity index is 1.64. The Bertz CT molecular complexity index is 932. The van der Waals surface area contributed by atoms with Crippen molar-refractivity contribution >= 4 is 11.6 Å². The highest BCUT2D eigenvalue weighted by Crippen LogP contribution is 2.23. The number of rotatable bonds is 5. The molecule has 0 saturated heterocycles. The zero-order valence-electron chi connectivity index (χ0n) is 15.4. The van der Waals surface area contributed by atoms with Crippen LogP contribution in [0.2, 0.25) is 0 Å². The average molecular weight is 353 g/mol. The van der Waals surface area contributed by atoms with Gasteiger partial charge in [0, 0.05) is 30.6 Å². The number of fused-ring (bicyclic) bond motifs is 1. The molecule has 8 nitrogen and oxygen atoms in total. The van der Waals surface area contributed by atoms with E-state index in [0.29, 0.717) is 19.0 Å². The fourth-order valence-electron chi connectivity index (χ4n) is 2.81. The molecule has 0 aromatic carbocycles. The SMILES string of the molecule is CN=C(NCc1ncc(C)c(OC)c1C)NCc1nnc2ccccn12. The minimum atomic E-state index is 0.508. The number of methoxy groups -OCH3 is 1. The molecule has 0 aliphatic carbocycles. The minimum Gasteiger partial charge on any atom is -0.496 e. The lowest BCUT2D eigenvalue weighted by Gasteiger charge is -2.14. The van der Waals surface area contributed by atoms with Gasteiger partial charge in [-0.15, -0.1) is 10.2 Å². The third-order valence-electron chi connectivity index (χ3n) is 4.19. The molecule has 0 unspecified atom stereocenters. The van der Waals surface area contributed by atoms with Gasteiger partial charge in [-0.25, -0.2) is 0 Å². The summed E-state index contributed by atoms with van der Waals surface area (Å²) < 4.78 is 7.40. The number of hydrogen-bond acceptors (Lipinski definition) is 5. The van der Waals surface area contributed by atoms with Crippen molar-refractivity contribution in [3.63, 3.8) is 0 Å². The van der Waals surface area contributed by atoms with E-state index in [1.807, 2.05) is 48.8 Å². The van der Waals surface area contributed by atoms with E-state index in [4.69, 9.17) is 4.74 Å². The van der Waals surface area contributed by atoms with Gasteiger partial charge in [0.2, 0.25) is 0 Å². The van der Waals surface area contributed by atoms with E-state index in [2.05, 4.69) is 30.8 Å². The smallest absolute Gasteiger partial charge is 0.191 e. The van der Waals surface area contributed by atoms with Gasteiger partial charge >= 0.3 is 0 Å². The Hall–Kier alpha value is -3.16. The highest BCUT2D eigenvalue weighted by atomic mass is 16.5. The van der Waals surface area contributed by atoms with Crippen molar-refractivity contribution in [2.24, 2.45) is 4.99 Å². The van der Waals surface area contributed by atoms with Crippen molar-refractivity contribution in [1.82, 2.24) is 30.2 Å². The van der Waals surface area contributed by atoms with Crippen LogP contribution in [-0.4, -0.2) is 39.7 Å².